The molecule has 0 amide bonds. The first-order valence-electron chi connectivity index (χ1n) is 11.2. The average Bonchev–Trinajstić information content (AvgIpc) is 3.18. The van der Waals surface area contributed by atoms with Gasteiger partial charge in [-0.25, -0.2) is 16.1 Å². The van der Waals surface area contributed by atoms with E-state index < -0.39 is 7.53 Å². The number of hydrogen-bond donors (Lipinski definition) is 0. The van der Waals surface area contributed by atoms with Crippen molar-refractivity contribution in [3.05, 3.63) is 115 Å². The van der Waals surface area contributed by atoms with Crippen LogP contribution in [0, 0.1) is 26.0 Å². The van der Waals surface area contributed by atoms with Crippen LogP contribution < -0.4 is 4.74 Å². The van der Waals surface area contributed by atoms with Gasteiger partial charge in [0, 0.05) is 24.2 Å². The summed E-state index contributed by atoms with van der Waals surface area (Å²) in [7, 11) is -0.772. The number of hydrogen-bond acceptors (Lipinski definition) is 3. The molecule has 6 rings (SSSR count). The second kappa shape index (κ2) is 9.78. The summed E-state index contributed by atoms with van der Waals surface area (Å²) in [6.07, 6.45) is 3.64. The van der Waals surface area contributed by atoms with Gasteiger partial charge in [-0.2, -0.15) is 24.3 Å². The minimum atomic E-state index is -0.772. The molecular formula is C30H21N2OPPt. The van der Waals surface area contributed by atoms with Crippen molar-refractivity contribution in [2.24, 2.45) is 0 Å². The number of ether oxygens (including phenoxy) is 1. The Hall–Kier alpha value is -3.25. The summed E-state index contributed by atoms with van der Waals surface area (Å²) in [4.78, 5) is 9.11. The maximum atomic E-state index is 5.98. The Kier molecular flexibility index (Phi) is 6.56. The molecule has 172 valence electrons. The van der Waals surface area contributed by atoms with Gasteiger partial charge in [0.25, 0.3) is 0 Å². The number of pyridine rings is 2. The van der Waals surface area contributed by atoms with Crippen molar-refractivity contribution in [3.63, 3.8) is 0 Å². The molecule has 0 radical (unpaired) electrons. The first-order valence-corrected chi connectivity index (χ1v) is 12.5. The quantitative estimate of drug-likeness (QED) is 0.180. The van der Waals surface area contributed by atoms with Crippen LogP contribution in [0.4, 0.5) is 0 Å². The van der Waals surface area contributed by atoms with Crippen LogP contribution in [0.25, 0.3) is 37.6 Å². The van der Waals surface area contributed by atoms with Gasteiger partial charge in [0.15, 0.2) is 0 Å². The molecule has 0 fully saturated rings. The molecule has 3 nitrogen and oxygen atoms in total. The van der Waals surface area contributed by atoms with Gasteiger partial charge in [-0.1, -0.05) is 48.4 Å². The van der Waals surface area contributed by atoms with E-state index in [0.717, 1.165) is 22.1 Å². The molecule has 0 saturated carbocycles. The summed E-state index contributed by atoms with van der Waals surface area (Å²) in [6.45, 7) is 4.16. The fourth-order valence-corrected chi connectivity index (χ4v) is 6.95. The Morgan fingerprint density at radius 2 is 1.60 bits per heavy atom. The van der Waals surface area contributed by atoms with Crippen molar-refractivity contribution in [1.82, 2.24) is 9.97 Å². The molecule has 0 bridgehead atoms. The van der Waals surface area contributed by atoms with Gasteiger partial charge >= 0.3 is 21.1 Å². The number of rotatable bonds is 4. The van der Waals surface area contributed by atoms with E-state index in [0.29, 0.717) is 11.6 Å². The molecule has 1 atom stereocenters. The predicted molar refractivity (Wildman–Crippen MR) is 140 cm³/mol. The molecule has 5 heteroatoms. The Balaban J connectivity index is 0.00000253. The zero-order valence-electron chi connectivity index (χ0n) is 19.2. The van der Waals surface area contributed by atoms with Crippen LogP contribution in [0.2, 0.25) is 0 Å². The second-order valence-electron chi connectivity index (χ2n) is 8.33. The molecular weight excluding hydrogens is 630 g/mol. The minimum absolute atomic E-state index is 0. The standard InChI is InChI=1S/C30H21N2OP.Pt/c1-20-14-16-31-29(17-20)33-24-9-5-8-22(18-24)23-12-13-26-25-10-3-4-11-27(25)34(28(26)19-23)30-21(2)7-6-15-32-30;/h3-17H,1-2H3;/q-2;+2. The van der Waals surface area contributed by atoms with Crippen molar-refractivity contribution in [2.45, 2.75) is 13.8 Å². The number of fused-ring (bicyclic) bond motifs is 3. The third-order valence-electron chi connectivity index (χ3n) is 5.94. The van der Waals surface area contributed by atoms with Gasteiger partial charge in [0.05, 0.1) is 5.44 Å². The molecule has 0 aliphatic heterocycles. The van der Waals surface area contributed by atoms with Gasteiger partial charge in [-0.3, -0.25) is 4.98 Å². The molecule has 0 spiro atoms. The summed E-state index contributed by atoms with van der Waals surface area (Å²) < 4.78 is 5.98. The van der Waals surface area contributed by atoms with Crippen molar-refractivity contribution in [1.29, 1.82) is 0 Å². The third kappa shape index (κ3) is 4.43. The Morgan fingerprint density at radius 1 is 0.743 bits per heavy atom. The van der Waals surface area contributed by atoms with Gasteiger partial charge in [0.2, 0.25) is 5.88 Å². The van der Waals surface area contributed by atoms with E-state index in [2.05, 4.69) is 66.5 Å². The normalized spacial score (nSPS) is 11.4. The van der Waals surface area contributed by atoms with E-state index >= 15 is 0 Å². The second-order valence-corrected chi connectivity index (χ2v) is 10.4. The Bertz CT molecular complexity index is 1670. The van der Waals surface area contributed by atoms with Gasteiger partial charge in [-0.15, -0.1) is 18.2 Å². The fourth-order valence-electron chi connectivity index (χ4n) is 4.32. The molecule has 3 heterocycles. The summed E-state index contributed by atoms with van der Waals surface area (Å²) in [5, 5.41) is 5.08. The van der Waals surface area contributed by atoms with E-state index in [1.54, 1.807) is 6.20 Å². The number of aromatic nitrogens is 2. The zero-order chi connectivity index (χ0) is 23.1. The van der Waals surface area contributed by atoms with Crippen molar-refractivity contribution in [3.8, 4) is 28.2 Å². The van der Waals surface area contributed by atoms with Gasteiger partial charge in [0.1, 0.15) is 0 Å². The van der Waals surface area contributed by atoms with E-state index in [4.69, 9.17) is 9.72 Å². The van der Waals surface area contributed by atoms with Crippen molar-refractivity contribution in [2.75, 3.05) is 0 Å². The Labute approximate surface area is 220 Å². The van der Waals surface area contributed by atoms with Gasteiger partial charge < -0.3 is 4.74 Å². The van der Waals surface area contributed by atoms with E-state index in [-0.39, 0.29) is 21.1 Å². The largest absolute Gasteiger partial charge is 2.00 e. The monoisotopic (exact) mass is 651 g/mol. The molecule has 0 aliphatic carbocycles. The first kappa shape index (κ1) is 23.5. The third-order valence-corrected chi connectivity index (χ3v) is 8.50. The molecule has 3 aromatic carbocycles. The summed E-state index contributed by atoms with van der Waals surface area (Å²) in [6, 6.07) is 34.1. The van der Waals surface area contributed by atoms with E-state index in [1.807, 2.05) is 49.5 Å². The summed E-state index contributed by atoms with van der Waals surface area (Å²) in [5.74, 6) is 1.20. The Morgan fingerprint density at radius 3 is 2.46 bits per heavy atom. The molecule has 1 unspecified atom stereocenters. The zero-order valence-corrected chi connectivity index (χ0v) is 22.4. The average molecular weight is 652 g/mol. The van der Waals surface area contributed by atoms with Crippen LogP contribution in [-0.2, 0) is 21.1 Å². The van der Waals surface area contributed by atoms with Crippen LogP contribution in [0.5, 0.6) is 11.6 Å². The topological polar surface area (TPSA) is 35.0 Å². The maximum absolute atomic E-state index is 5.98. The van der Waals surface area contributed by atoms with Crippen LogP contribution in [0.1, 0.15) is 11.1 Å². The SMILES string of the molecule is Cc1ccnc(Oc2[c-]c(-c3[c-]c4c(cc3)c3ccccc3p4-c3ncccc3C)ccc2)c1.[Pt+2]. The number of benzene rings is 3. The van der Waals surface area contributed by atoms with E-state index in [1.165, 1.54) is 26.6 Å². The molecule has 3 aromatic heterocycles. The fraction of sp³-hybridized carbons (Fsp3) is 0.0667. The molecule has 35 heavy (non-hydrogen) atoms. The molecule has 0 saturated heterocycles. The first-order chi connectivity index (χ1) is 16.7. The van der Waals surface area contributed by atoms with Crippen molar-refractivity contribution < 1.29 is 25.8 Å². The van der Waals surface area contributed by atoms with Crippen LogP contribution in [0.15, 0.2) is 91.3 Å². The van der Waals surface area contributed by atoms with Crippen molar-refractivity contribution >= 4 is 28.5 Å². The molecule has 0 aliphatic rings. The minimum Gasteiger partial charge on any atom is -0.460 e. The van der Waals surface area contributed by atoms with Crippen LogP contribution in [0.3, 0.4) is 0 Å². The van der Waals surface area contributed by atoms with Gasteiger partial charge in [-0.05, 0) is 47.6 Å². The summed E-state index contributed by atoms with van der Waals surface area (Å²) in [5.41, 5.74) is 5.39. The predicted octanol–water partition coefficient (Wildman–Crippen LogP) is 8.43. The van der Waals surface area contributed by atoms with Crippen LogP contribution >= 0.6 is 7.53 Å². The number of aryl methyl sites for hydroxylation is 2. The number of nitrogens with zero attached hydrogens (tertiary/aromatic N) is 2. The van der Waals surface area contributed by atoms with E-state index in [9.17, 15) is 0 Å². The molecule has 6 aromatic rings. The molecule has 0 N–H and O–H groups in total. The van der Waals surface area contributed by atoms with Crippen LogP contribution in [-0.4, -0.2) is 9.97 Å². The summed E-state index contributed by atoms with van der Waals surface area (Å²) >= 11 is 0. The maximum Gasteiger partial charge on any atom is 2.00 e. The smallest absolute Gasteiger partial charge is 0.460 e.